The fraction of sp³-hybridized carbons (Fsp3) is 0. The molecule has 0 amide bonds. The van der Waals surface area contributed by atoms with Gasteiger partial charge in [0.1, 0.15) is 0 Å². The van der Waals surface area contributed by atoms with E-state index in [0.29, 0.717) is 10.6 Å². The Bertz CT molecular complexity index is 507. The van der Waals surface area contributed by atoms with E-state index < -0.39 is 0 Å². The van der Waals surface area contributed by atoms with Gasteiger partial charge in [0.05, 0.1) is 11.9 Å². The van der Waals surface area contributed by atoms with Gasteiger partial charge in [-0.3, -0.25) is 4.79 Å². The molecule has 0 bridgehead atoms. The highest BCUT2D eigenvalue weighted by Crippen LogP contribution is 2.18. The molecule has 70 valence electrons. The van der Waals surface area contributed by atoms with Crippen LogP contribution in [0.2, 0.25) is 5.02 Å². The van der Waals surface area contributed by atoms with E-state index >= 15 is 0 Å². The summed E-state index contributed by atoms with van der Waals surface area (Å²) < 4.78 is 0. The van der Waals surface area contributed by atoms with Crippen LogP contribution in [-0.4, -0.2) is 9.97 Å². The quantitative estimate of drug-likeness (QED) is 0.777. The summed E-state index contributed by atoms with van der Waals surface area (Å²) in [5.74, 6) is 0. The van der Waals surface area contributed by atoms with Crippen molar-refractivity contribution in [2.75, 3.05) is 0 Å². The number of rotatable bonds is 1. The Balaban J connectivity index is 2.61. The van der Waals surface area contributed by atoms with Crippen LogP contribution in [0.3, 0.4) is 0 Å². The van der Waals surface area contributed by atoms with E-state index in [4.69, 9.17) is 11.6 Å². The number of aromatic nitrogens is 2. The third kappa shape index (κ3) is 1.67. The molecule has 0 aliphatic rings. The van der Waals surface area contributed by atoms with Crippen LogP contribution in [0, 0.1) is 0 Å². The number of nitrogens with zero attached hydrogens (tertiary/aromatic N) is 1. The minimum Gasteiger partial charge on any atom is -0.313 e. The standard InChI is InChI=1S/C10H7ClN2O/c11-8-3-1-2-7(4-8)9-5-12-6-13-10(9)14/h1-6H,(H,12,13,14). The Hall–Kier alpha value is -1.61. The zero-order chi connectivity index (χ0) is 9.97. The number of hydrogen-bond donors (Lipinski definition) is 1. The van der Waals surface area contributed by atoms with Crippen LogP contribution in [0.4, 0.5) is 0 Å². The van der Waals surface area contributed by atoms with Crippen molar-refractivity contribution >= 4 is 11.6 Å². The molecule has 4 heteroatoms. The normalized spacial score (nSPS) is 10.1. The van der Waals surface area contributed by atoms with E-state index in [1.165, 1.54) is 12.5 Å². The van der Waals surface area contributed by atoms with E-state index in [-0.39, 0.29) is 5.56 Å². The second-order valence-corrected chi connectivity index (χ2v) is 3.24. The van der Waals surface area contributed by atoms with Crippen molar-refractivity contribution < 1.29 is 0 Å². The third-order valence-corrected chi connectivity index (χ3v) is 2.09. The molecule has 0 saturated heterocycles. The Morgan fingerprint density at radius 3 is 2.93 bits per heavy atom. The molecule has 3 nitrogen and oxygen atoms in total. The lowest BCUT2D eigenvalue weighted by Crippen LogP contribution is -2.08. The van der Waals surface area contributed by atoms with Crippen LogP contribution in [0.25, 0.3) is 11.1 Å². The fourth-order valence-electron chi connectivity index (χ4n) is 1.21. The molecule has 0 aliphatic heterocycles. The van der Waals surface area contributed by atoms with Crippen LogP contribution < -0.4 is 5.56 Å². The van der Waals surface area contributed by atoms with E-state index in [9.17, 15) is 4.79 Å². The molecule has 0 unspecified atom stereocenters. The lowest BCUT2D eigenvalue weighted by atomic mass is 10.1. The molecule has 2 aromatic rings. The molecule has 0 atom stereocenters. The summed E-state index contributed by atoms with van der Waals surface area (Å²) in [6.45, 7) is 0. The molecule has 0 saturated carbocycles. The maximum atomic E-state index is 11.4. The second kappa shape index (κ2) is 3.64. The Kier molecular flexibility index (Phi) is 2.33. The van der Waals surface area contributed by atoms with Gasteiger partial charge in [-0.15, -0.1) is 0 Å². The third-order valence-electron chi connectivity index (χ3n) is 1.85. The van der Waals surface area contributed by atoms with Crippen molar-refractivity contribution in [2.45, 2.75) is 0 Å². The number of H-pyrrole nitrogens is 1. The summed E-state index contributed by atoms with van der Waals surface area (Å²) in [6, 6.07) is 7.10. The largest absolute Gasteiger partial charge is 0.313 e. The smallest absolute Gasteiger partial charge is 0.258 e. The molecule has 1 heterocycles. The van der Waals surface area contributed by atoms with Crippen molar-refractivity contribution in [3.05, 3.63) is 52.2 Å². The van der Waals surface area contributed by atoms with Gasteiger partial charge in [0.2, 0.25) is 0 Å². The molecule has 14 heavy (non-hydrogen) atoms. The van der Waals surface area contributed by atoms with Gasteiger partial charge in [-0.2, -0.15) is 0 Å². The predicted octanol–water partition coefficient (Wildman–Crippen LogP) is 2.09. The van der Waals surface area contributed by atoms with Crippen molar-refractivity contribution in [1.29, 1.82) is 0 Å². The van der Waals surface area contributed by atoms with Crippen LogP contribution in [0.15, 0.2) is 41.6 Å². The van der Waals surface area contributed by atoms with Crippen molar-refractivity contribution in [3.63, 3.8) is 0 Å². The van der Waals surface area contributed by atoms with Gasteiger partial charge in [0.15, 0.2) is 0 Å². The molecule has 0 fully saturated rings. The molecule has 1 aromatic heterocycles. The lowest BCUT2D eigenvalue weighted by molar-refractivity contribution is 1.12. The summed E-state index contributed by atoms with van der Waals surface area (Å²) in [7, 11) is 0. The zero-order valence-electron chi connectivity index (χ0n) is 7.20. The number of aromatic amines is 1. The molecule has 0 spiro atoms. The lowest BCUT2D eigenvalue weighted by Gasteiger charge is -1.99. The molecular formula is C10H7ClN2O. The predicted molar refractivity (Wildman–Crippen MR) is 55.3 cm³/mol. The first-order chi connectivity index (χ1) is 6.77. The number of nitrogens with one attached hydrogen (secondary N) is 1. The Morgan fingerprint density at radius 2 is 2.21 bits per heavy atom. The zero-order valence-corrected chi connectivity index (χ0v) is 7.95. The second-order valence-electron chi connectivity index (χ2n) is 2.80. The SMILES string of the molecule is O=c1[nH]cncc1-c1cccc(Cl)c1. The van der Waals surface area contributed by atoms with Gasteiger partial charge in [0, 0.05) is 11.2 Å². The first kappa shape index (κ1) is 8.97. The summed E-state index contributed by atoms with van der Waals surface area (Å²) in [5.41, 5.74) is 1.13. The van der Waals surface area contributed by atoms with Gasteiger partial charge in [-0.1, -0.05) is 23.7 Å². The highest BCUT2D eigenvalue weighted by Gasteiger charge is 2.02. The fourth-order valence-corrected chi connectivity index (χ4v) is 1.40. The van der Waals surface area contributed by atoms with Crippen molar-refractivity contribution in [3.8, 4) is 11.1 Å². The average molecular weight is 207 g/mol. The first-order valence-electron chi connectivity index (χ1n) is 4.06. The van der Waals surface area contributed by atoms with Gasteiger partial charge < -0.3 is 4.98 Å². The van der Waals surface area contributed by atoms with Crippen LogP contribution in [-0.2, 0) is 0 Å². The summed E-state index contributed by atoms with van der Waals surface area (Å²) in [5, 5.41) is 0.603. The molecule has 2 rings (SSSR count). The maximum Gasteiger partial charge on any atom is 0.258 e. The number of benzene rings is 1. The number of hydrogen-bond acceptors (Lipinski definition) is 2. The molecule has 1 N–H and O–H groups in total. The summed E-state index contributed by atoms with van der Waals surface area (Å²) >= 11 is 5.81. The molecule has 0 radical (unpaired) electrons. The minimum atomic E-state index is -0.165. The van der Waals surface area contributed by atoms with E-state index in [0.717, 1.165) is 5.56 Å². The summed E-state index contributed by atoms with van der Waals surface area (Å²) in [6.07, 6.45) is 2.88. The van der Waals surface area contributed by atoms with E-state index in [1.807, 2.05) is 6.07 Å². The van der Waals surface area contributed by atoms with E-state index in [1.54, 1.807) is 18.2 Å². The van der Waals surface area contributed by atoms with Gasteiger partial charge in [0.25, 0.3) is 5.56 Å². The maximum absolute atomic E-state index is 11.4. The molecular weight excluding hydrogens is 200 g/mol. The molecule has 1 aromatic carbocycles. The Labute approximate surface area is 85.4 Å². The average Bonchev–Trinajstić information content (AvgIpc) is 2.18. The van der Waals surface area contributed by atoms with Crippen LogP contribution in [0.1, 0.15) is 0 Å². The minimum absolute atomic E-state index is 0.165. The number of halogens is 1. The molecule has 0 aliphatic carbocycles. The van der Waals surface area contributed by atoms with Gasteiger partial charge in [-0.05, 0) is 17.7 Å². The first-order valence-corrected chi connectivity index (χ1v) is 4.44. The van der Waals surface area contributed by atoms with Gasteiger partial charge in [-0.25, -0.2) is 4.98 Å². The van der Waals surface area contributed by atoms with Gasteiger partial charge >= 0.3 is 0 Å². The van der Waals surface area contributed by atoms with Crippen molar-refractivity contribution in [1.82, 2.24) is 9.97 Å². The Morgan fingerprint density at radius 1 is 1.36 bits per heavy atom. The van der Waals surface area contributed by atoms with Crippen molar-refractivity contribution in [2.24, 2.45) is 0 Å². The topological polar surface area (TPSA) is 45.8 Å². The summed E-state index contributed by atoms with van der Waals surface area (Å²) in [4.78, 5) is 17.8. The highest BCUT2D eigenvalue weighted by atomic mass is 35.5. The highest BCUT2D eigenvalue weighted by molar-refractivity contribution is 6.30. The van der Waals surface area contributed by atoms with Crippen LogP contribution in [0.5, 0.6) is 0 Å². The monoisotopic (exact) mass is 206 g/mol. The van der Waals surface area contributed by atoms with E-state index in [2.05, 4.69) is 9.97 Å². The van der Waals surface area contributed by atoms with Crippen LogP contribution >= 0.6 is 11.6 Å².